The number of benzene rings is 2. The fraction of sp³-hybridized carbons (Fsp3) is 0.235. The molecule has 0 unspecified atom stereocenters. The summed E-state index contributed by atoms with van der Waals surface area (Å²) in [6, 6.07) is 12.7. The maximum absolute atomic E-state index is 12.2. The van der Waals surface area contributed by atoms with Gasteiger partial charge in [0.25, 0.3) is 5.91 Å². The minimum absolute atomic E-state index is 0.192. The predicted octanol–water partition coefficient (Wildman–Crippen LogP) is 4.67. The Kier molecular flexibility index (Phi) is 7.09. The lowest BCUT2D eigenvalue weighted by Crippen LogP contribution is -2.26. The van der Waals surface area contributed by atoms with Gasteiger partial charge in [-0.2, -0.15) is 11.8 Å². The van der Waals surface area contributed by atoms with Gasteiger partial charge in [0, 0.05) is 28.1 Å². The molecule has 23 heavy (non-hydrogen) atoms. The molecule has 0 fully saturated rings. The van der Waals surface area contributed by atoms with Crippen molar-refractivity contribution in [2.24, 2.45) is 0 Å². The lowest BCUT2D eigenvalue weighted by atomic mass is 10.2. The van der Waals surface area contributed by atoms with Crippen molar-refractivity contribution in [3.8, 4) is 5.75 Å². The Labute approximate surface area is 150 Å². The third-order valence-corrected chi connectivity index (χ3v) is 4.77. The van der Waals surface area contributed by atoms with E-state index in [0.717, 1.165) is 22.1 Å². The van der Waals surface area contributed by atoms with Gasteiger partial charge in [-0.25, -0.2) is 0 Å². The Morgan fingerprint density at radius 3 is 2.74 bits per heavy atom. The first-order valence-electron chi connectivity index (χ1n) is 7.04. The first kappa shape index (κ1) is 18.0. The third kappa shape index (κ3) is 5.34. The SMILES string of the molecule is COc1ccc(Cl)cc1C(=O)NCCSCc1ccccc1Cl. The molecular weight excluding hydrogens is 353 g/mol. The number of carbonyl (C=O) groups is 1. The van der Waals surface area contributed by atoms with Gasteiger partial charge in [0.05, 0.1) is 12.7 Å². The summed E-state index contributed by atoms with van der Waals surface area (Å²) in [6.45, 7) is 0.559. The van der Waals surface area contributed by atoms with Gasteiger partial charge in [-0.15, -0.1) is 0 Å². The second-order valence-corrected chi connectivity index (χ2v) is 6.69. The summed E-state index contributed by atoms with van der Waals surface area (Å²) >= 11 is 13.8. The topological polar surface area (TPSA) is 38.3 Å². The van der Waals surface area contributed by atoms with E-state index < -0.39 is 0 Å². The van der Waals surface area contributed by atoms with Crippen LogP contribution in [-0.4, -0.2) is 25.3 Å². The molecule has 122 valence electrons. The number of ether oxygens (including phenoxy) is 1. The Hall–Kier alpha value is -1.36. The van der Waals surface area contributed by atoms with Crippen LogP contribution < -0.4 is 10.1 Å². The maximum atomic E-state index is 12.2. The van der Waals surface area contributed by atoms with Gasteiger partial charge in [-0.1, -0.05) is 41.4 Å². The van der Waals surface area contributed by atoms with Crippen molar-refractivity contribution in [1.82, 2.24) is 5.32 Å². The number of thioether (sulfide) groups is 1. The summed E-state index contributed by atoms with van der Waals surface area (Å²) in [5, 5.41) is 4.15. The highest BCUT2D eigenvalue weighted by molar-refractivity contribution is 7.98. The molecule has 0 spiro atoms. The molecule has 0 saturated carbocycles. The number of halogens is 2. The number of hydrogen-bond donors (Lipinski definition) is 1. The molecule has 0 atom stereocenters. The van der Waals surface area contributed by atoms with Gasteiger partial charge in [-0.05, 0) is 29.8 Å². The van der Waals surface area contributed by atoms with E-state index in [1.54, 1.807) is 30.0 Å². The monoisotopic (exact) mass is 369 g/mol. The fourth-order valence-electron chi connectivity index (χ4n) is 1.99. The van der Waals surface area contributed by atoms with Crippen molar-refractivity contribution in [1.29, 1.82) is 0 Å². The van der Waals surface area contributed by atoms with Crippen LogP contribution in [0.15, 0.2) is 42.5 Å². The van der Waals surface area contributed by atoms with Crippen molar-refractivity contribution in [2.45, 2.75) is 5.75 Å². The van der Waals surface area contributed by atoms with Crippen LogP contribution in [0.1, 0.15) is 15.9 Å². The van der Waals surface area contributed by atoms with E-state index in [1.165, 1.54) is 7.11 Å². The largest absolute Gasteiger partial charge is 0.496 e. The van der Waals surface area contributed by atoms with Crippen molar-refractivity contribution in [3.63, 3.8) is 0 Å². The minimum atomic E-state index is -0.192. The van der Waals surface area contributed by atoms with E-state index in [-0.39, 0.29) is 5.91 Å². The van der Waals surface area contributed by atoms with Crippen LogP contribution in [0.2, 0.25) is 10.0 Å². The standard InChI is InChI=1S/C17H17Cl2NO2S/c1-22-16-7-6-13(18)10-14(16)17(21)20-8-9-23-11-12-4-2-3-5-15(12)19/h2-7,10H,8-9,11H2,1H3,(H,20,21). The van der Waals surface area contributed by atoms with Gasteiger partial charge in [0.1, 0.15) is 5.75 Å². The summed E-state index contributed by atoms with van der Waals surface area (Å²) in [7, 11) is 1.53. The van der Waals surface area contributed by atoms with Gasteiger partial charge < -0.3 is 10.1 Å². The van der Waals surface area contributed by atoms with E-state index in [4.69, 9.17) is 27.9 Å². The highest BCUT2D eigenvalue weighted by Gasteiger charge is 2.12. The molecular formula is C17H17Cl2NO2S. The average molecular weight is 370 g/mol. The number of carbonyl (C=O) groups excluding carboxylic acids is 1. The second-order valence-electron chi connectivity index (χ2n) is 4.74. The molecule has 2 rings (SSSR count). The lowest BCUT2D eigenvalue weighted by molar-refractivity contribution is 0.0953. The molecule has 0 heterocycles. The number of hydrogen-bond acceptors (Lipinski definition) is 3. The molecule has 1 N–H and O–H groups in total. The Morgan fingerprint density at radius 1 is 1.22 bits per heavy atom. The van der Waals surface area contributed by atoms with Crippen molar-refractivity contribution in [3.05, 3.63) is 63.6 Å². The normalized spacial score (nSPS) is 10.4. The van der Waals surface area contributed by atoms with Crippen LogP contribution in [0.5, 0.6) is 5.75 Å². The van der Waals surface area contributed by atoms with Gasteiger partial charge in [-0.3, -0.25) is 4.79 Å². The smallest absolute Gasteiger partial charge is 0.255 e. The minimum Gasteiger partial charge on any atom is -0.496 e. The maximum Gasteiger partial charge on any atom is 0.255 e. The van der Waals surface area contributed by atoms with E-state index >= 15 is 0 Å². The quantitative estimate of drug-likeness (QED) is 0.720. The first-order valence-corrected chi connectivity index (χ1v) is 8.95. The summed E-state index contributed by atoms with van der Waals surface area (Å²) in [6.07, 6.45) is 0. The Bertz CT molecular complexity index is 679. The Balaban J connectivity index is 1.79. The van der Waals surface area contributed by atoms with Crippen LogP contribution in [0.3, 0.4) is 0 Å². The van der Waals surface area contributed by atoms with Crippen molar-refractivity contribution in [2.75, 3.05) is 19.4 Å². The summed E-state index contributed by atoms with van der Waals surface area (Å²) in [4.78, 5) is 12.2. The number of methoxy groups -OCH3 is 1. The summed E-state index contributed by atoms with van der Waals surface area (Å²) in [5.74, 6) is 1.92. The molecule has 0 saturated heterocycles. The molecule has 0 aliphatic rings. The van der Waals surface area contributed by atoms with Crippen molar-refractivity contribution < 1.29 is 9.53 Å². The molecule has 1 amide bonds. The van der Waals surface area contributed by atoms with E-state index in [9.17, 15) is 4.79 Å². The van der Waals surface area contributed by atoms with Crippen LogP contribution in [-0.2, 0) is 5.75 Å². The zero-order chi connectivity index (χ0) is 16.7. The molecule has 0 aromatic heterocycles. The zero-order valence-electron chi connectivity index (χ0n) is 12.6. The molecule has 0 radical (unpaired) electrons. The van der Waals surface area contributed by atoms with Gasteiger partial charge in [0.2, 0.25) is 0 Å². The molecule has 0 bridgehead atoms. The van der Waals surface area contributed by atoms with Crippen LogP contribution in [0.25, 0.3) is 0 Å². The van der Waals surface area contributed by atoms with E-state index in [2.05, 4.69) is 5.32 Å². The lowest BCUT2D eigenvalue weighted by Gasteiger charge is -2.10. The average Bonchev–Trinajstić information content (AvgIpc) is 2.56. The van der Waals surface area contributed by atoms with Gasteiger partial charge >= 0.3 is 0 Å². The van der Waals surface area contributed by atoms with Crippen LogP contribution in [0, 0.1) is 0 Å². The third-order valence-electron chi connectivity index (χ3n) is 3.15. The zero-order valence-corrected chi connectivity index (χ0v) is 15.0. The predicted molar refractivity (Wildman–Crippen MR) is 98.0 cm³/mol. The van der Waals surface area contributed by atoms with E-state index in [0.29, 0.717) is 22.9 Å². The summed E-state index contributed by atoms with van der Waals surface area (Å²) < 4.78 is 5.18. The number of amides is 1. The number of rotatable bonds is 7. The molecule has 3 nitrogen and oxygen atoms in total. The second kappa shape index (κ2) is 9.06. The van der Waals surface area contributed by atoms with Crippen LogP contribution in [0.4, 0.5) is 0 Å². The first-order chi connectivity index (χ1) is 11.1. The number of nitrogens with one attached hydrogen (secondary N) is 1. The summed E-state index contributed by atoms with van der Waals surface area (Å²) in [5.41, 5.74) is 1.54. The Morgan fingerprint density at radius 2 is 2.00 bits per heavy atom. The van der Waals surface area contributed by atoms with Gasteiger partial charge in [0.15, 0.2) is 0 Å². The molecule has 0 aliphatic carbocycles. The molecule has 2 aromatic carbocycles. The molecule has 2 aromatic rings. The fourth-order valence-corrected chi connectivity index (χ4v) is 3.30. The van der Waals surface area contributed by atoms with Crippen LogP contribution >= 0.6 is 35.0 Å². The van der Waals surface area contributed by atoms with Crippen molar-refractivity contribution >= 4 is 40.9 Å². The molecule has 0 aliphatic heterocycles. The highest BCUT2D eigenvalue weighted by Crippen LogP contribution is 2.23. The van der Waals surface area contributed by atoms with E-state index in [1.807, 2.05) is 24.3 Å². The molecule has 6 heteroatoms. The highest BCUT2D eigenvalue weighted by atomic mass is 35.5.